The molecule has 0 saturated heterocycles. The fraction of sp³-hybridized carbons (Fsp3) is 0.250. The molecule has 1 N–H and O–H groups in total. The fourth-order valence-corrected chi connectivity index (χ4v) is 3.21. The SMILES string of the molecule is Cc1ccc(F)cc1NS(=O)(=O)c1c(C)noc1C. The van der Waals surface area contributed by atoms with Crippen LogP contribution in [-0.2, 0) is 10.0 Å². The zero-order valence-electron chi connectivity index (χ0n) is 10.7. The van der Waals surface area contributed by atoms with E-state index < -0.39 is 15.8 Å². The third kappa shape index (κ3) is 2.60. The second-order valence-electron chi connectivity index (χ2n) is 4.22. The van der Waals surface area contributed by atoms with Gasteiger partial charge in [-0.15, -0.1) is 0 Å². The van der Waals surface area contributed by atoms with Crippen LogP contribution in [0.4, 0.5) is 10.1 Å². The summed E-state index contributed by atoms with van der Waals surface area (Å²) < 4.78 is 44.8. The zero-order chi connectivity index (χ0) is 14.2. The molecule has 0 fully saturated rings. The van der Waals surface area contributed by atoms with Crippen LogP contribution in [-0.4, -0.2) is 13.6 Å². The highest BCUT2D eigenvalue weighted by atomic mass is 32.2. The van der Waals surface area contributed by atoms with Crippen LogP contribution in [0.25, 0.3) is 0 Å². The molecule has 0 spiro atoms. The lowest BCUT2D eigenvalue weighted by Crippen LogP contribution is -2.15. The Morgan fingerprint density at radius 3 is 2.53 bits per heavy atom. The van der Waals surface area contributed by atoms with Gasteiger partial charge < -0.3 is 4.52 Å². The van der Waals surface area contributed by atoms with E-state index in [1.807, 2.05) is 0 Å². The minimum atomic E-state index is -3.84. The smallest absolute Gasteiger partial charge is 0.267 e. The first kappa shape index (κ1) is 13.5. The maximum absolute atomic E-state index is 13.2. The normalized spacial score (nSPS) is 11.6. The van der Waals surface area contributed by atoms with Crippen molar-refractivity contribution in [3.05, 3.63) is 41.0 Å². The molecule has 5 nitrogen and oxygen atoms in total. The predicted octanol–water partition coefficient (Wildman–Crippen LogP) is 2.54. The summed E-state index contributed by atoms with van der Waals surface area (Å²) >= 11 is 0. The van der Waals surface area contributed by atoms with E-state index in [-0.39, 0.29) is 22.0 Å². The van der Waals surface area contributed by atoms with Crippen molar-refractivity contribution in [2.45, 2.75) is 25.7 Å². The standard InChI is InChI=1S/C12H13FN2O3S/c1-7-4-5-10(13)6-11(7)15-19(16,17)12-8(2)14-18-9(12)3/h4-6,15H,1-3H3. The molecular formula is C12H13FN2O3S. The van der Waals surface area contributed by atoms with E-state index in [0.717, 1.165) is 6.07 Å². The van der Waals surface area contributed by atoms with Gasteiger partial charge in [-0.05, 0) is 38.5 Å². The number of hydrogen-bond donors (Lipinski definition) is 1. The van der Waals surface area contributed by atoms with Gasteiger partial charge >= 0.3 is 0 Å². The van der Waals surface area contributed by atoms with Crippen molar-refractivity contribution in [1.82, 2.24) is 5.16 Å². The number of rotatable bonds is 3. The molecule has 19 heavy (non-hydrogen) atoms. The zero-order valence-corrected chi connectivity index (χ0v) is 11.5. The number of anilines is 1. The number of aryl methyl sites for hydroxylation is 3. The van der Waals surface area contributed by atoms with Crippen molar-refractivity contribution >= 4 is 15.7 Å². The molecule has 7 heteroatoms. The highest BCUT2D eigenvalue weighted by molar-refractivity contribution is 7.92. The van der Waals surface area contributed by atoms with E-state index >= 15 is 0 Å². The maximum atomic E-state index is 13.2. The highest BCUT2D eigenvalue weighted by Crippen LogP contribution is 2.24. The average molecular weight is 284 g/mol. The van der Waals surface area contributed by atoms with Crippen LogP contribution in [0.15, 0.2) is 27.6 Å². The highest BCUT2D eigenvalue weighted by Gasteiger charge is 2.24. The van der Waals surface area contributed by atoms with Crippen molar-refractivity contribution in [2.24, 2.45) is 0 Å². The summed E-state index contributed by atoms with van der Waals surface area (Å²) in [7, 11) is -3.84. The second-order valence-corrected chi connectivity index (χ2v) is 5.84. The van der Waals surface area contributed by atoms with E-state index in [4.69, 9.17) is 4.52 Å². The summed E-state index contributed by atoms with van der Waals surface area (Å²) in [5, 5.41) is 3.60. The lowest BCUT2D eigenvalue weighted by Gasteiger charge is -2.10. The molecule has 1 aromatic carbocycles. The van der Waals surface area contributed by atoms with Crippen molar-refractivity contribution in [2.75, 3.05) is 4.72 Å². The molecule has 0 bridgehead atoms. The molecule has 0 radical (unpaired) electrons. The summed E-state index contributed by atoms with van der Waals surface area (Å²) in [6.45, 7) is 4.72. The van der Waals surface area contributed by atoms with Gasteiger partial charge in [-0.1, -0.05) is 11.2 Å². The van der Waals surface area contributed by atoms with E-state index in [1.165, 1.54) is 26.0 Å². The third-order valence-corrected chi connectivity index (χ3v) is 4.29. The number of nitrogens with one attached hydrogen (secondary N) is 1. The average Bonchev–Trinajstić information content (AvgIpc) is 2.64. The fourth-order valence-electron chi connectivity index (χ4n) is 1.76. The third-order valence-electron chi connectivity index (χ3n) is 2.68. The minimum Gasteiger partial charge on any atom is -0.360 e. The molecular weight excluding hydrogens is 271 g/mol. The van der Waals surface area contributed by atoms with Crippen molar-refractivity contribution < 1.29 is 17.3 Å². The van der Waals surface area contributed by atoms with Gasteiger partial charge in [-0.25, -0.2) is 12.8 Å². The first-order valence-electron chi connectivity index (χ1n) is 5.53. The van der Waals surface area contributed by atoms with Crippen LogP contribution < -0.4 is 4.72 Å². The van der Waals surface area contributed by atoms with Gasteiger partial charge in [0.25, 0.3) is 10.0 Å². The van der Waals surface area contributed by atoms with Crippen molar-refractivity contribution in [1.29, 1.82) is 0 Å². The van der Waals surface area contributed by atoms with Crippen LogP contribution in [0.3, 0.4) is 0 Å². The van der Waals surface area contributed by atoms with Gasteiger partial charge in [-0.3, -0.25) is 4.72 Å². The van der Waals surface area contributed by atoms with Crippen LogP contribution in [0.2, 0.25) is 0 Å². The van der Waals surface area contributed by atoms with Gasteiger partial charge in [-0.2, -0.15) is 0 Å². The van der Waals surface area contributed by atoms with Gasteiger partial charge in [0.2, 0.25) is 0 Å². The van der Waals surface area contributed by atoms with Gasteiger partial charge in [0, 0.05) is 0 Å². The minimum absolute atomic E-state index is 0.0174. The maximum Gasteiger partial charge on any atom is 0.267 e. The lowest BCUT2D eigenvalue weighted by atomic mass is 10.2. The summed E-state index contributed by atoms with van der Waals surface area (Å²) in [5.41, 5.74) is 1.08. The van der Waals surface area contributed by atoms with Crippen molar-refractivity contribution in [3.8, 4) is 0 Å². The molecule has 0 atom stereocenters. The first-order valence-corrected chi connectivity index (χ1v) is 7.01. The van der Waals surface area contributed by atoms with E-state index in [1.54, 1.807) is 6.92 Å². The Hall–Kier alpha value is -1.89. The molecule has 1 heterocycles. The summed E-state index contributed by atoms with van der Waals surface area (Å²) in [5.74, 6) is -0.318. The molecule has 0 saturated carbocycles. The summed E-state index contributed by atoms with van der Waals surface area (Å²) in [6, 6.07) is 3.90. The topological polar surface area (TPSA) is 72.2 Å². The van der Waals surface area contributed by atoms with Crippen LogP contribution in [0.5, 0.6) is 0 Å². The lowest BCUT2D eigenvalue weighted by molar-refractivity contribution is 0.390. The molecule has 1 aromatic heterocycles. The molecule has 102 valence electrons. The Balaban J connectivity index is 2.45. The van der Waals surface area contributed by atoms with Crippen LogP contribution in [0.1, 0.15) is 17.0 Å². The second kappa shape index (κ2) is 4.65. The summed E-state index contributed by atoms with van der Waals surface area (Å²) in [6.07, 6.45) is 0. The van der Waals surface area contributed by atoms with Crippen LogP contribution in [0, 0.1) is 26.6 Å². The van der Waals surface area contributed by atoms with E-state index in [9.17, 15) is 12.8 Å². The van der Waals surface area contributed by atoms with E-state index in [0.29, 0.717) is 5.56 Å². The molecule has 0 aliphatic rings. The molecule has 0 aliphatic carbocycles. The predicted molar refractivity (Wildman–Crippen MR) is 67.9 cm³/mol. The first-order chi connectivity index (χ1) is 8.81. The van der Waals surface area contributed by atoms with Crippen molar-refractivity contribution in [3.63, 3.8) is 0 Å². The molecule has 0 aliphatic heterocycles. The number of halogens is 1. The Morgan fingerprint density at radius 2 is 1.95 bits per heavy atom. The Morgan fingerprint density at radius 1 is 1.26 bits per heavy atom. The number of nitrogens with zero attached hydrogens (tertiary/aromatic N) is 1. The van der Waals surface area contributed by atoms with E-state index in [2.05, 4.69) is 9.88 Å². The van der Waals surface area contributed by atoms with Gasteiger partial charge in [0.05, 0.1) is 5.69 Å². The Kier molecular flexibility index (Phi) is 3.32. The quantitative estimate of drug-likeness (QED) is 0.940. The monoisotopic (exact) mass is 284 g/mol. The molecule has 2 aromatic rings. The number of sulfonamides is 1. The number of hydrogen-bond acceptors (Lipinski definition) is 4. The molecule has 0 unspecified atom stereocenters. The largest absolute Gasteiger partial charge is 0.360 e. The Labute approximate surface area is 110 Å². The van der Waals surface area contributed by atoms with Gasteiger partial charge in [0.1, 0.15) is 11.5 Å². The number of benzene rings is 1. The number of aromatic nitrogens is 1. The Bertz CT molecular complexity index is 703. The van der Waals surface area contributed by atoms with Gasteiger partial charge in [0.15, 0.2) is 10.7 Å². The van der Waals surface area contributed by atoms with Crippen LogP contribution >= 0.6 is 0 Å². The summed E-state index contributed by atoms with van der Waals surface area (Å²) in [4.78, 5) is -0.0174. The molecule has 2 rings (SSSR count). The molecule has 0 amide bonds.